The van der Waals surface area contributed by atoms with Crippen molar-refractivity contribution in [2.75, 3.05) is 17.7 Å². The standard InChI is InChI=1S/C19H24N2O3/c1-13(2)24-18-10-5-15(11-19(18)23-4)12-20-16-6-8-17(9-7-16)21-14(3)22/h5-11,13,20H,12H2,1-4H3,(H,21,22). The molecule has 0 atom stereocenters. The summed E-state index contributed by atoms with van der Waals surface area (Å²) in [5.74, 6) is 1.39. The molecule has 0 aliphatic heterocycles. The summed E-state index contributed by atoms with van der Waals surface area (Å²) in [7, 11) is 1.64. The van der Waals surface area contributed by atoms with E-state index in [2.05, 4.69) is 10.6 Å². The van der Waals surface area contributed by atoms with Gasteiger partial charge in [-0.3, -0.25) is 4.79 Å². The van der Waals surface area contributed by atoms with Gasteiger partial charge in [-0.05, 0) is 55.8 Å². The van der Waals surface area contributed by atoms with Gasteiger partial charge in [0.2, 0.25) is 5.91 Å². The van der Waals surface area contributed by atoms with Gasteiger partial charge in [-0.1, -0.05) is 6.07 Å². The van der Waals surface area contributed by atoms with Crippen LogP contribution in [-0.4, -0.2) is 19.1 Å². The molecular weight excluding hydrogens is 304 g/mol. The first kappa shape index (κ1) is 17.7. The molecule has 0 aliphatic rings. The molecule has 2 rings (SSSR count). The zero-order valence-electron chi connectivity index (χ0n) is 14.6. The number of hydrogen-bond acceptors (Lipinski definition) is 4. The number of amides is 1. The third-order valence-electron chi connectivity index (χ3n) is 3.29. The van der Waals surface area contributed by atoms with Crippen molar-refractivity contribution in [1.82, 2.24) is 0 Å². The number of hydrogen-bond donors (Lipinski definition) is 2. The average molecular weight is 328 g/mol. The third kappa shape index (κ3) is 5.19. The Morgan fingerprint density at radius 2 is 1.71 bits per heavy atom. The van der Waals surface area contributed by atoms with Crippen molar-refractivity contribution in [3.63, 3.8) is 0 Å². The van der Waals surface area contributed by atoms with Crippen molar-refractivity contribution >= 4 is 17.3 Å². The van der Waals surface area contributed by atoms with Crippen molar-refractivity contribution < 1.29 is 14.3 Å². The van der Waals surface area contributed by atoms with Gasteiger partial charge in [-0.25, -0.2) is 0 Å². The first-order chi connectivity index (χ1) is 11.5. The summed E-state index contributed by atoms with van der Waals surface area (Å²) < 4.78 is 11.1. The zero-order valence-corrected chi connectivity index (χ0v) is 14.6. The maximum absolute atomic E-state index is 11.0. The molecule has 0 fully saturated rings. The molecule has 5 heteroatoms. The molecule has 0 bridgehead atoms. The van der Waals surface area contributed by atoms with Crippen molar-refractivity contribution in [3.05, 3.63) is 48.0 Å². The van der Waals surface area contributed by atoms with E-state index in [1.807, 2.05) is 56.3 Å². The maximum Gasteiger partial charge on any atom is 0.221 e. The smallest absolute Gasteiger partial charge is 0.221 e. The van der Waals surface area contributed by atoms with Gasteiger partial charge in [0.05, 0.1) is 13.2 Å². The van der Waals surface area contributed by atoms with E-state index in [1.54, 1.807) is 7.11 Å². The van der Waals surface area contributed by atoms with Gasteiger partial charge in [0.1, 0.15) is 0 Å². The minimum Gasteiger partial charge on any atom is -0.493 e. The van der Waals surface area contributed by atoms with E-state index in [-0.39, 0.29) is 12.0 Å². The summed E-state index contributed by atoms with van der Waals surface area (Å²) in [5, 5.41) is 6.09. The lowest BCUT2D eigenvalue weighted by Gasteiger charge is -2.15. The molecule has 0 unspecified atom stereocenters. The lowest BCUT2D eigenvalue weighted by atomic mass is 10.2. The van der Waals surface area contributed by atoms with E-state index in [1.165, 1.54) is 6.92 Å². The molecular formula is C19H24N2O3. The highest BCUT2D eigenvalue weighted by Crippen LogP contribution is 2.29. The first-order valence-electron chi connectivity index (χ1n) is 7.93. The Hall–Kier alpha value is -2.69. The lowest BCUT2D eigenvalue weighted by Crippen LogP contribution is -2.07. The molecule has 2 aromatic rings. The predicted octanol–water partition coefficient (Wildman–Crippen LogP) is 4.05. The second-order valence-corrected chi connectivity index (χ2v) is 5.76. The average Bonchev–Trinajstić information content (AvgIpc) is 2.54. The Bertz CT molecular complexity index is 682. The minimum atomic E-state index is -0.0773. The number of nitrogens with one attached hydrogen (secondary N) is 2. The molecule has 2 aromatic carbocycles. The van der Waals surface area contributed by atoms with Crippen molar-refractivity contribution in [2.24, 2.45) is 0 Å². The fourth-order valence-corrected chi connectivity index (χ4v) is 2.25. The number of rotatable bonds is 7. The first-order valence-corrected chi connectivity index (χ1v) is 7.93. The molecule has 0 aliphatic carbocycles. The van der Waals surface area contributed by atoms with Crippen LogP contribution in [0.1, 0.15) is 26.3 Å². The Kier molecular flexibility index (Phi) is 6.07. The molecule has 0 heterocycles. The molecule has 0 spiro atoms. The predicted molar refractivity (Wildman–Crippen MR) is 96.8 cm³/mol. The molecule has 0 radical (unpaired) electrons. The summed E-state index contributed by atoms with van der Waals surface area (Å²) in [6, 6.07) is 13.5. The van der Waals surface area contributed by atoms with Crippen molar-refractivity contribution in [1.29, 1.82) is 0 Å². The van der Waals surface area contributed by atoms with Crippen LogP contribution in [0.25, 0.3) is 0 Å². The van der Waals surface area contributed by atoms with E-state index >= 15 is 0 Å². The minimum absolute atomic E-state index is 0.0773. The second kappa shape index (κ2) is 8.24. The van der Waals surface area contributed by atoms with Crippen LogP contribution in [0.15, 0.2) is 42.5 Å². The van der Waals surface area contributed by atoms with Crippen molar-refractivity contribution in [3.8, 4) is 11.5 Å². The van der Waals surface area contributed by atoms with E-state index < -0.39 is 0 Å². The maximum atomic E-state index is 11.0. The number of anilines is 2. The second-order valence-electron chi connectivity index (χ2n) is 5.76. The largest absolute Gasteiger partial charge is 0.493 e. The fraction of sp³-hybridized carbons (Fsp3) is 0.316. The molecule has 24 heavy (non-hydrogen) atoms. The van der Waals surface area contributed by atoms with Gasteiger partial charge >= 0.3 is 0 Å². The lowest BCUT2D eigenvalue weighted by molar-refractivity contribution is -0.114. The van der Waals surface area contributed by atoms with E-state index in [4.69, 9.17) is 9.47 Å². The summed E-state index contributed by atoms with van der Waals surface area (Å²) in [6.07, 6.45) is 0.102. The quantitative estimate of drug-likeness (QED) is 0.805. The number of ether oxygens (including phenoxy) is 2. The zero-order chi connectivity index (χ0) is 17.5. The molecule has 0 saturated carbocycles. The molecule has 5 nitrogen and oxygen atoms in total. The van der Waals surface area contributed by atoms with Gasteiger partial charge in [0.15, 0.2) is 11.5 Å². The molecule has 128 valence electrons. The Labute approximate surface area is 143 Å². The van der Waals surface area contributed by atoms with E-state index in [0.29, 0.717) is 6.54 Å². The highest BCUT2D eigenvalue weighted by Gasteiger charge is 2.07. The van der Waals surface area contributed by atoms with E-state index in [0.717, 1.165) is 28.4 Å². The molecule has 0 saturated heterocycles. The number of carbonyl (C=O) groups excluding carboxylic acids is 1. The van der Waals surface area contributed by atoms with Gasteiger partial charge in [-0.15, -0.1) is 0 Å². The topological polar surface area (TPSA) is 59.6 Å². The van der Waals surface area contributed by atoms with Gasteiger partial charge in [0, 0.05) is 24.8 Å². The van der Waals surface area contributed by atoms with Crippen LogP contribution in [-0.2, 0) is 11.3 Å². The van der Waals surface area contributed by atoms with Crippen LogP contribution in [0.2, 0.25) is 0 Å². The third-order valence-corrected chi connectivity index (χ3v) is 3.29. The fourth-order valence-electron chi connectivity index (χ4n) is 2.25. The Balaban J connectivity index is 1.99. The van der Waals surface area contributed by atoms with Crippen LogP contribution in [0, 0.1) is 0 Å². The van der Waals surface area contributed by atoms with Gasteiger partial charge < -0.3 is 20.1 Å². The van der Waals surface area contributed by atoms with Crippen LogP contribution in [0.5, 0.6) is 11.5 Å². The molecule has 1 amide bonds. The molecule has 2 N–H and O–H groups in total. The van der Waals surface area contributed by atoms with Crippen LogP contribution >= 0.6 is 0 Å². The Morgan fingerprint density at radius 1 is 1.04 bits per heavy atom. The molecule has 0 aromatic heterocycles. The monoisotopic (exact) mass is 328 g/mol. The summed E-state index contributed by atoms with van der Waals surface area (Å²) in [4.78, 5) is 11.0. The van der Waals surface area contributed by atoms with Crippen LogP contribution < -0.4 is 20.1 Å². The van der Waals surface area contributed by atoms with Crippen molar-refractivity contribution in [2.45, 2.75) is 33.4 Å². The van der Waals surface area contributed by atoms with Gasteiger partial charge in [0.25, 0.3) is 0 Å². The number of methoxy groups -OCH3 is 1. The van der Waals surface area contributed by atoms with Gasteiger partial charge in [-0.2, -0.15) is 0 Å². The van der Waals surface area contributed by atoms with Crippen LogP contribution in [0.3, 0.4) is 0 Å². The number of carbonyl (C=O) groups is 1. The normalized spacial score (nSPS) is 10.4. The number of benzene rings is 2. The Morgan fingerprint density at radius 3 is 2.29 bits per heavy atom. The highest BCUT2D eigenvalue weighted by atomic mass is 16.5. The highest BCUT2D eigenvalue weighted by molar-refractivity contribution is 5.88. The van der Waals surface area contributed by atoms with Crippen LogP contribution in [0.4, 0.5) is 11.4 Å². The summed E-state index contributed by atoms with van der Waals surface area (Å²) >= 11 is 0. The SMILES string of the molecule is COc1cc(CNc2ccc(NC(C)=O)cc2)ccc1OC(C)C. The summed E-state index contributed by atoms with van der Waals surface area (Å²) in [5.41, 5.74) is 2.85. The van der Waals surface area contributed by atoms with E-state index in [9.17, 15) is 4.79 Å². The summed E-state index contributed by atoms with van der Waals surface area (Å²) in [6.45, 7) is 6.13.